The summed E-state index contributed by atoms with van der Waals surface area (Å²) in [5.74, 6) is 1.62. The van der Waals surface area contributed by atoms with Crippen LogP contribution in [0.2, 0.25) is 0 Å². The quantitative estimate of drug-likeness (QED) is 0.164. The second-order valence-corrected chi connectivity index (χ2v) is 19.6. The molecule has 0 radical (unpaired) electrons. The van der Waals surface area contributed by atoms with E-state index >= 15 is 0 Å². The van der Waals surface area contributed by atoms with E-state index in [9.17, 15) is 14.4 Å². The maximum atomic E-state index is 14.0. The summed E-state index contributed by atoms with van der Waals surface area (Å²) < 4.78 is 11.3. The van der Waals surface area contributed by atoms with Crippen molar-refractivity contribution in [2.75, 3.05) is 0 Å². The van der Waals surface area contributed by atoms with Crippen molar-refractivity contribution in [2.45, 2.75) is 0 Å². The van der Waals surface area contributed by atoms with Crippen molar-refractivity contribution in [3.8, 4) is 50.4 Å². The third-order valence-electron chi connectivity index (χ3n) is 15.3. The number of para-hydroxylation sites is 9. The summed E-state index contributed by atoms with van der Waals surface area (Å²) in [5, 5.41) is 1.70. The number of rotatable bonds is 6. The second kappa shape index (κ2) is 16.5. The molecular weight excluding hydrogens is 967 g/mol. The molecule has 0 spiro atoms. The summed E-state index contributed by atoms with van der Waals surface area (Å²) in [4.78, 5) is 57.2. The van der Waals surface area contributed by atoms with E-state index in [-0.39, 0.29) is 16.7 Å². The predicted octanol–water partition coefficient (Wildman–Crippen LogP) is 13.0. The molecule has 16 rings (SSSR count). The van der Waals surface area contributed by atoms with Gasteiger partial charge in [-0.1, -0.05) is 109 Å². The van der Waals surface area contributed by atoms with Crippen molar-refractivity contribution in [3.05, 3.63) is 268 Å². The molecular formula is C66H39N9O3. The van der Waals surface area contributed by atoms with Crippen LogP contribution in [0, 0.1) is 0 Å². The first kappa shape index (κ1) is 43.4. The van der Waals surface area contributed by atoms with E-state index in [0.717, 1.165) is 83.5 Å². The normalized spacial score (nSPS) is 12.0. The van der Waals surface area contributed by atoms with E-state index in [1.807, 2.05) is 146 Å². The molecule has 0 atom stereocenters. The Labute approximate surface area is 441 Å². The number of nitrogens with zero attached hydrogens (tertiary/aromatic N) is 9. The van der Waals surface area contributed by atoms with Gasteiger partial charge in [0.1, 0.15) is 0 Å². The molecule has 12 nitrogen and oxygen atoms in total. The Hall–Kier alpha value is -11.0. The van der Waals surface area contributed by atoms with Crippen molar-refractivity contribution in [1.29, 1.82) is 0 Å². The van der Waals surface area contributed by atoms with Crippen LogP contribution >= 0.6 is 0 Å². The number of benzene rings is 10. The fourth-order valence-electron chi connectivity index (χ4n) is 11.6. The molecule has 12 heteroatoms. The maximum absolute atomic E-state index is 14.0. The van der Waals surface area contributed by atoms with Gasteiger partial charge in [0.15, 0.2) is 0 Å². The Bertz CT molecular complexity index is 4850. The number of hydrogen-bond acceptors (Lipinski definition) is 6. The summed E-state index contributed by atoms with van der Waals surface area (Å²) >= 11 is 0. The molecule has 6 aromatic heterocycles. The minimum absolute atomic E-state index is 0.112. The van der Waals surface area contributed by atoms with Crippen LogP contribution in [-0.4, -0.2) is 41.9 Å². The number of fused-ring (bicyclic) bond motifs is 12. The first-order valence-electron chi connectivity index (χ1n) is 25.6. The summed E-state index contributed by atoms with van der Waals surface area (Å²) in [6.07, 6.45) is 0. The van der Waals surface area contributed by atoms with Gasteiger partial charge in [0.25, 0.3) is 16.7 Å². The average Bonchev–Trinajstić information content (AvgIpc) is 4.24. The fraction of sp³-hybridized carbons (Fsp3) is 0. The molecule has 366 valence electrons. The highest BCUT2D eigenvalue weighted by Crippen LogP contribution is 2.36. The van der Waals surface area contributed by atoms with E-state index in [1.165, 1.54) is 0 Å². The largest absolute Gasteiger partial charge is 0.278 e. The average molecular weight is 1010 g/mol. The fourth-order valence-corrected chi connectivity index (χ4v) is 11.6. The van der Waals surface area contributed by atoms with Crippen molar-refractivity contribution in [3.63, 3.8) is 0 Å². The van der Waals surface area contributed by atoms with Gasteiger partial charge in [0, 0.05) is 17.1 Å². The predicted molar refractivity (Wildman–Crippen MR) is 311 cm³/mol. The van der Waals surface area contributed by atoms with Gasteiger partial charge < -0.3 is 0 Å². The van der Waals surface area contributed by atoms with Gasteiger partial charge in [0.2, 0.25) is 17.3 Å². The molecule has 0 aliphatic carbocycles. The molecule has 0 fully saturated rings. The molecule has 0 N–H and O–H groups in total. The molecule has 0 bridgehead atoms. The summed E-state index contributed by atoms with van der Waals surface area (Å²) in [6.45, 7) is 0. The molecule has 0 saturated heterocycles. The molecule has 10 aromatic carbocycles. The van der Waals surface area contributed by atoms with E-state index < -0.39 is 0 Å². The van der Waals surface area contributed by atoms with Gasteiger partial charge in [0.05, 0.1) is 65.8 Å². The highest BCUT2D eigenvalue weighted by molar-refractivity contribution is 5.92. The Balaban J connectivity index is 0.844. The van der Waals surface area contributed by atoms with Gasteiger partial charge in [-0.25, -0.2) is 28.2 Å². The molecule has 78 heavy (non-hydrogen) atoms. The van der Waals surface area contributed by atoms with Crippen LogP contribution in [0.5, 0.6) is 0 Å². The molecule has 0 amide bonds. The third-order valence-corrected chi connectivity index (χ3v) is 15.3. The lowest BCUT2D eigenvalue weighted by atomic mass is 9.93. The SMILES string of the molecule is O=c1c2ccccc2nc2n(-c3ccc(-c4cc(-c5ccc(-n6c7ccccc7n7c(=O)c8ccccc8nc67)cc5)cc(-c5ccc(-n6c7ccccc7n7c(=O)c8ccccc8nc67)cc5)c4)cc3)c3ccccc3n12. The van der Waals surface area contributed by atoms with Gasteiger partial charge in [-0.3, -0.25) is 28.1 Å². The third kappa shape index (κ3) is 6.34. The van der Waals surface area contributed by atoms with Crippen molar-refractivity contribution >= 4 is 83.1 Å². The van der Waals surface area contributed by atoms with E-state index in [4.69, 9.17) is 15.0 Å². The monoisotopic (exact) mass is 1010 g/mol. The van der Waals surface area contributed by atoms with Gasteiger partial charge in [-0.05, 0) is 161 Å². The topological polar surface area (TPSA) is 118 Å². The second-order valence-electron chi connectivity index (χ2n) is 19.6. The maximum Gasteiger partial charge on any atom is 0.267 e. The summed E-state index contributed by atoms with van der Waals surface area (Å²) in [6, 6.07) is 78.0. The van der Waals surface area contributed by atoms with Crippen LogP contribution in [0.15, 0.2) is 251 Å². The van der Waals surface area contributed by atoms with Crippen molar-refractivity contribution < 1.29 is 0 Å². The Morgan fingerprint density at radius 3 is 0.769 bits per heavy atom. The first-order valence-corrected chi connectivity index (χ1v) is 25.6. The van der Waals surface area contributed by atoms with Crippen molar-refractivity contribution in [1.82, 2.24) is 41.9 Å². The zero-order chi connectivity index (χ0) is 51.8. The molecule has 6 heterocycles. The molecule has 16 aromatic rings. The molecule has 0 saturated carbocycles. The minimum atomic E-state index is -0.112. The highest BCUT2D eigenvalue weighted by Gasteiger charge is 2.21. The van der Waals surface area contributed by atoms with E-state index in [2.05, 4.69) is 105 Å². The molecule has 0 unspecified atom stereocenters. The number of imidazole rings is 3. The minimum Gasteiger partial charge on any atom is -0.278 e. The van der Waals surface area contributed by atoms with Crippen LogP contribution in [0.3, 0.4) is 0 Å². The summed E-state index contributed by atoms with van der Waals surface area (Å²) in [5.41, 5.74) is 15.1. The Morgan fingerprint density at radius 2 is 0.487 bits per heavy atom. The molecule has 0 aliphatic heterocycles. The lowest BCUT2D eigenvalue weighted by molar-refractivity contribution is 1.05. The summed E-state index contributed by atoms with van der Waals surface area (Å²) in [7, 11) is 0. The van der Waals surface area contributed by atoms with E-state index in [0.29, 0.717) is 50.0 Å². The van der Waals surface area contributed by atoms with Gasteiger partial charge >= 0.3 is 0 Å². The standard InChI is InChI=1S/C66H39N9O3/c76-61-49-13-1-4-16-52(49)67-64-70(55-19-7-10-22-58(55)73(61)64)46-31-25-40(26-32-46)43-37-44(41-27-33-47(34-28-41)71-56-20-8-11-23-59(56)74-62(77)50-14-2-5-17-53(50)68-65(71)74)39-45(38-43)42-29-35-48(36-30-42)72-57-21-9-12-24-60(57)75-63(78)51-15-3-6-18-54(51)69-66(72)75/h1-39H. The highest BCUT2D eigenvalue weighted by atomic mass is 16.1. The van der Waals surface area contributed by atoms with Crippen LogP contribution in [0.1, 0.15) is 0 Å². The lowest BCUT2D eigenvalue weighted by Crippen LogP contribution is -2.15. The Morgan fingerprint density at radius 1 is 0.244 bits per heavy atom. The number of aromatic nitrogens is 9. The smallest absolute Gasteiger partial charge is 0.267 e. The van der Waals surface area contributed by atoms with Crippen molar-refractivity contribution in [2.24, 2.45) is 0 Å². The van der Waals surface area contributed by atoms with Gasteiger partial charge in [-0.2, -0.15) is 0 Å². The first-order chi connectivity index (χ1) is 38.4. The van der Waals surface area contributed by atoms with E-state index in [1.54, 1.807) is 13.2 Å². The Kier molecular flexibility index (Phi) is 9.19. The zero-order valence-electron chi connectivity index (χ0n) is 41.3. The van der Waals surface area contributed by atoms with Gasteiger partial charge in [-0.15, -0.1) is 0 Å². The van der Waals surface area contributed by atoms with Crippen LogP contribution in [0.25, 0.3) is 134 Å². The lowest BCUT2D eigenvalue weighted by Gasteiger charge is -2.14. The molecule has 0 aliphatic rings. The van der Waals surface area contributed by atoms with Crippen LogP contribution in [-0.2, 0) is 0 Å². The van der Waals surface area contributed by atoms with Crippen LogP contribution < -0.4 is 16.7 Å². The number of hydrogen-bond donors (Lipinski definition) is 0. The zero-order valence-corrected chi connectivity index (χ0v) is 41.3. The van der Waals surface area contributed by atoms with Crippen LogP contribution in [0.4, 0.5) is 0 Å².